The van der Waals surface area contributed by atoms with Gasteiger partial charge in [-0.1, -0.05) is 0 Å². The summed E-state index contributed by atoms with van der Waals surface area (Å²) in [6.45, 7) is 0. The third kappa shape index (κ3) is 5.67. The van der Waals surface area contributed by atoms with E-state index >= 15 is 0 Å². The molecule has 0 fully saturated rings. The second-order valence-electron chi connectivity index (χ2n) is 3.43. The number of carbonyl (C=O) groups is 2. The van der Waals surface area contributed by atoms with E-state index in [0.29, 0.717) is 11.4 Å². The van der Waals surface area contributed by atoms with Gasteiger partial charge >= 0.3 is 5.97 Å². The van der Waals surface area contributed by atoms with E-state index in [4.69, 9.17) is 0 Å². The molecule has 1 aromatic carbocycles. The minimum Gasteiger partial charge on any atom is -0.469 e. The molecule has 1 amide bonds. The van der Waals surface area contributed by atoms with Crippen LogP contribution in [0.4, 0.5) is 10.1 Å². The van der Waals surface area contributed by atoms with Crippen LogP contribution >= 0.6 is 11.8 Å². The number of carbonyl (C=O) groups excluding carboxylic acids is 2. The number of amides is 1. The summed E-state index contributed by atoms with van der Waals surface area (Å²) in [6, 6.07) is 5.54. The molecule has 0 spiro atoms. The number of ether oxygens (including phenoxy) is 1. The molecule has 98 valence electrons. The van der Waals surface area contributed by atoms with Crippen LogP contribution in [-0.2, 0) is 14.3 Å². The van der Waals surface area contributed by atoms with Crippen molar-refractivity contribution in [2.75, 3.05) is 23.9 Å². The number of anilines is 1. The summed E-state index contributed by atoms with van der Waals surface area (Å²) in [4.78, 5) is 22.3. The predicted molar refractivity (Wildman–Crippen MR) is 69.0 cm³/mol. The Morgan fingerprint density at radius 2 is 2.00 bits per heavy atom. The van der Waals surface area contributed by atoms with Gasteiger partial charge in [0.25, 0.3) is 0 Å². The molecule has 0 aliphatic heterocycles. The Balaban J connectivity index is 2.21. The standard InChI is InChI=1S/C12H14FNO3S/c1-17-12(16)6-7-18-8-11(15)14-10-4-2-9(13)3-5-10/h2-5H,6-8H2,1H3,(H,14,15). The average molecular weight is 271 g/mol. The minimum atomic E-state index is -0.347. The zero-order valence-electron chi connectivity index (χ0n) is 9.94. The molecule has 0 aromatic heterocycles. The molecule has 0 heterocycles. The van der Waals surface area contributed by atoms with Crippen molar-refractivity contribution >= 4 is 29.3 Å². The highest BCUT2D eigenvalue weighted by Gasteiger charge is 2.04. The van der Waals surface area contributed by atoms with E-state index in [1.807, 2.05) is 0 Å². The molecule has 0 saturated carbocycles. The van der Waals surface area contributed by atoms with Crippen LogP contribution in [0.1, 0.15) is 6.42 Å². The monoisotopic (exact) mass is 271 g/mol. The van der Waals surface area contributed by atoms with Gasteiger partial charge < -0.3 is 10.1 Å². The topological polar surface area (TPSA) is 55.4 Å². The Morgan fingerprint density at radius 3 is 2.61 bits per heavy atom. The van der Waals surface area contributed by atoms with E-state index in [2.05, 4.69) is 10.1 Å². The lowest BCUT2D eigenvalue weighted by Gasteiger charge is -2.04. The first-order valence-electron chi connectivity index (χ1n) is 5.32. The molecule has 0 radical (unpaired) electrons. The van der Waals surface area contributed by atoms with E-state index < -0.39 is 0 Å². The van der Waals surface area contributed by atoms with E-state index in [0.717, 1.165) is 0 Å². The molecular weight excluding hydrogens is 257 g/mol. The molecule has 1 N–H and O–H groups in total. The van der Waals surface area contributed by atoms with Gasteiger partial charge in [0, 0.05) is 11.4 Å². The van der Waals surface area contributed by atoms with Crippen LogP contribution < -0.4 is 5.32 Å². The van der Waals surface area contributed by atoms with Crippen molar-refractivity contribution in [3.8, 4) is 0 Å². The van der Waals surface area contributed by atoms with Gasteiger partial charge in [-0.15, -0.1) is 0 Å². The molecule has 1 rings (SSSR count). The third-order valence-electron chi connectivity index (χ3n) is 2.04. The van der Waals surface area contributed by atoms with E-state index in [1.54, 1.807) is 0 Å². The summed E-state index contributed by atoms with van der Waals surface area (Å²) < 4.78 is 17.1. The maximum Gasteiger partial charge on any atom is 0.306 e. The Bertz CT molecular complexity index is 408. The summed E-state index contributed by atoms with van der Waals surface area (Å²) in [5.41, 5.74) is 0.551. The smallest absolute Gasteiger partial charge is 0.306 e. The SMILES string of the molecule is COC(=O)CCSCC(=O)Nc1ccc(F)cc1. The van der Waals surface area contributed by atoms with Crippen molar-refractivity contribution in [1.29, 1.82) is 0 Å². The Labute approximate surface area is 109 Å². The third-order valence-corrected chi connectivity index (χ3v) is 3.00. The van der Waals surface area contributed by atoms with Gasteiger partial charge in [-0.05, 0) is 24.3 Å². The van der Waals surface area contributed by atoms with E-state index in [9.17, 15) is 14.0 Å². The zero-order valence-corrected chi connectivity index (χ0v) is 10.8. The first-order chi connectivity index (χ1) is 8.61. The maximum absolute atomic E-state index is 12.6. The average Bonchev–Trinajstić information content (AvgIpc) is 2.37. The number of nitrogens with one attached hydrogen (secondary N) is 1. The number of hydrogen-bond acceptors (Lipinski definition) is 4. The van der Waals surface area contributed by atoms with Gasteiger partial charge in [0.15, 0.2) is 0 Å². The quantitative estimate of drug-likeness (QED) is 0.635. The summed E-state index contributed by atoms with van der Waals surface area (Å²) in [5.74, 6) is -0.0453. The fourth-order valence-corrected chi connectivity index (χ4v) is 1.87. The number of benzene rings is 1. The fourth-order valence-electron chi connectivity index (χ4n) is 1.15. The number of rotatable bonds is 6. The molecule has 0 saturated heterocycles. The summed E-state index contributed by atoms with van der Waals surface area (Å²) in [7, 11) is 1.33. The minimum absolute atomic E-state index is 0.184. The fraction of sp³-hybridized carbons (Fsp3) is 0.333. The maximum atomic E-state index is 12.6. The number of thioether (sulfide) groups is 1. The van der Waals surface area contributed by atoms with Crippen molar-refractivity contribution < 1.29 is 18.7 Å². The second kappa shape index (κ2) is 7.71. The van der Waals surface area contributed by atoms with Crippen LogP contribution in [0.5, 0.6) is 0 Å². The Morgan fingerprint density at radius 1 is 1.33 bits per heavy atom. The molecular formula is C12H14FNO3S. The molecule has 0 aliphatic carbocycles. The Hall–Kier alpha value is -1.56. The lowest BCUT2D eigenvalue weighted by Crippen LogP contribution is -2.14. The first kappa shape index (κ1) is 14.5. The van der Waals surface area contributed by atoms with Crippen LogP contribution in [0.2, 0.25) is 0 Å². The number of esters is 1. The van der Waals surface area contributed by atoms with Crippen molar-refractivity contribution in [2.24, 2.45) is 0 Å². The van der Waals surface area contributed by atoms with Crippen molar-refractivity contribution in [1.82, 2.24) is 0 Å². The lowest BCUT2D eigenvalue weighted by atomic mass is 10.3. The van der Waals surface area contributed by atoms with Crippen LogP contribution in [0.15, 0.2) is 24.3 Å². The number of hydrogen-bond donors (Lipinski definition) is 1. The highest BCUT2D eigenvalue weighted by Crippen LogP contribution is 2.10. The molecule has 0 aliphatic rings. The van der Waals surface area contributed by atoms with Crippen LogP contribution in [-0.4, -0.2) is 30.5 Å². The summed E-state index contributed by atoms with van der Waals surface area (Å²) in [5, 5.41) is 2.63. The van der Waals surface area contributed by atoms with Crippen molar-refractivity contribution in [3.05, 3.63) is 30.1 Å². The molecule has 0 unspecified atom stereocenters. The first-order valence-corrected chi connectivity index (χ1v) is 6.47. The molecule has 4 nitrogen and oxygen atoms in total. The van der Waals surface area contributed by atoms with Gasteiger partial charge in [-0.25, -0.2) is 4.39 Å². The predicted octanol–water partition coefficient (Wildman–Crippen LogP) is 2.06. The Kier molecular flexibility index (Phi) is 6.21. The molecule has 18 heavy (non-hydrogen) atoms. The largest absolute Gasteiger partial charge is 0.469 e. The van der Waals surface area contributed by atoms with Gasteiger partial charge in [0.05, 0.1) is 19.3 Å². The normalized spacial score (nSPS) is 9.89. The van der Waals surface area contributed by atoms with E-state index in [-0.39, 0.29) is 29.9 Å². The van der Waals surface area contributed by atoms with Gasteiger partial charge in [-0.2, -0.15) is 11.8 Å². The second-order valence-corrected chi connectivity index (χ2v) is 4.54. The van der Waals surface area contributed by atoms with Crippen LogP contribution in [0, 0.1) is 5.82 Å². The lowest BCUT2D eigenvalue weighted by molar-refractivity contribution is -0.140. The molecule has 6 heteroatoms. The number of halogens is 1. The van der Waals surface area contributed by atoms with Gasteiger partial charge in [-0.3, -0.25) is 9.59 Å². The number of methoxy groups -OCH3 is 1. The summed E-state index contributed by atoms with van der Waals surface area (Å²) in [6.07, 6.45) is 0.283. The highest BCUT2D eigenvalue weighted by atomic mass is 32.2. The highest BCUT2D eigenvalue weighted by molar-refractivity contribution is 7.99. The van der Waals surface area contributed by atoms with Crippen molar-refractivity contribution in [2.45, 2.75) is 6.42 Å². The van der Waals surface area contributed by atoms with Gasteiger partial charge in [0.2, 0.25) is 5.91 Å². The molecule has 0 atom stereocenters. The molecule has 1 aromatic rings. The molecule has 0 bridgehead atoms. The van der Waals surface area contributed by atoms with Crippen molar-refractivity contribution in [3.63, 3.8) is 0 Å². The van der Waals surface area contributed by atoms with Crippen LogP contribution in [0.25, 0.3) is 0 Å². The van der Waals surface area contributed by atoms with Crippen LogP contribution in [0.3, 0.4) is 0 Å². The summed E-state index contributed by atoms with van der Waals surface area (Å²) >= 11 is 1.34. The zero-order chi connectivity index (χ0) is 13.4. The van der Waals surface area contributed by atoms with Gasteiger partial charge in [0.1, 0.15) is 5.82 Å². The van der Waals surface area contributed by atoms with E-state index in [1.165, 1.54) is 43.1 Å².